The van der Waals surface area contributed by atoms with E-state index in [2.05, 4.69) is 26.1 Å². The third-order valence-corrected chi connectivity index (χ3v) is 5.22. The Morgan fingerprint density at radius 2 is 2.05 bits per heavy atom. The van der Waals surface area contributed by atoms with Gasteiger partial charge in [-0.2, -0.15) is 0 Å². The summed E-state index contributed by atoms with van der Waals surface area (Å²) in [4.78, 5) is 26.6. The van der Waals surface area contributed by atoms with E-state index in [4.69, 9.17) is 0 Å². The van der Waals surface area contributed by atoms with E-state index < -0.39 is 0 Å². The van der Waals surface area contributed by atoms with Gasteiger partial charge in [-0.1, -0.05) is 47.0 Å². The SMILES string of the molecule is CCC(C)C1NC(=O)CN(C2CCCCC2(C)C)C1=O. The van der Waals surface area contributed by atoms with Crippen LogP contribution in [0.15, 0.2) is 0 Å². The first kappa shape index (κ1) is 15.3. The van der Waals surface area contributed by atoms with Crippen molar-refractivity contribution in [3.05, 3.63) is 0 Å². The number of carbonyl (C=O) groups is 2. The van der Waals surface area contributed by atoms with Gasteiger partial charge >= 0.3 is 0 Å². The number of nitrogens with zero attached hydrogens (tertiary/aromatic N) is 1. The second-order valence-corrected chi connectivity index (χ2v) is 7.15. The quantitative estimate of drug-likeness (QED) is 0.862. The minimum absolute atomic E-state index is 0.00345. The normalized spacial score (nSPS) is 31.9. The van der Waals surface area contributed by atoms with E-state index >= 15 is 0 Å². The van der Waals surface area contributed by atoms with E-state index in [0.29, 0.717) is 0 Å². The van der Waals surface area contributed by atoms with E-state index in [-0.39, 0.29) is 41.8 Å². The second kappa shape index (κ2) is 5.74. The first-order valence-electron chi connectivity index (χ1n) is 7.96. The summed E-state index contributed by atoms with van der Waals surface area (Å²) >= 11 is 0. The van der Waals surface area contributed by atoms with Gasteiger partial charge in [0, 0.05) is 6.04 Å². The van der Waals surface area contributed by atoms with Gasteiger partial charge in [0.15, 0.2) is 0 Å². The van der Waals surface area contributed by atoms with E-state index in [0.717, 1.165) is 25.7 Å². The van der Waals surface area contributed by atoms with Gasteiger partial charge in [-0.3, -0.25) is 9.59 Å². The van der Waals surface area contributed by atoms with Crippen molar-refractivity contribution in [2.24, 2.45) is 11.3 Å². The number of hydrogen-bond acceptors (Lipinski definition) is 2. The van der Waals surface area contributed by atoms with Gasteiger partial charge in [0.25, 0.3) is 0 Å². The van der Waals surface area contributed by atoms with Crippen LogP contribution in [0.2, 0.25) is 0 Å². The molecule has 1 heterocycles. The molecule has 3 unspecified atom stereocenters. The van der Waals surface area contributed by atoms with Crippen LogP contribution in [0.1, 0.15) is 59.8 Å². The van der Waals surface area contributed by atoms with Gasteiger partial charge in [0.1, 0.15) is 6.04 Å². The van der Waals surface area contributed by atoms with Crippen LogP contribution < -0.4 is 5.32 Å². The molecular formula is C16H28N2O2. The number of carbonyl (C=O) groups excluding carboxylic acids is 2. The van der Waals surface area contributed by atoms with Crippen molar-refractivity contribution in [1.82, 2.24) is 10.2 Å². The van der Waals surface area contributed by atoms with E-state index in [1.165, 1.54) is 6.42 Å². The molecule has 0 aromatic heterocycles. The van der Waals surface area contributed by atoms with E-state index in [9.17, 15) is 9.59 Å². The fourth-order valence-electron chi connectivity index (χ4n) is 3.63. The van der Waals surface area contributed by atoms with Gasteiger partial charge in [-0.05, 0) is 24.2 Å². The lowest BCUT2D eigenvalue weighted by atomic mass is 9.72. The fraction of sp³-hybridized carbons (Fsp3) is 0.875. The summed E-state index contributed by atoms with van der Waals surface area (Å²) in [6.45, 7) is 8.80. The standard InChI is InChI=1S/C16H28N2O2/c1-5-11(2)14-15(20)18(10-13(19)17-14)12-8-6-7-9-16(12,3)4/h11-12,14H,5-10H2,1-4H3,(H,17,19). The monoisotopic (exact) mass is 280 g/mol. The molecule has 0 spiro atoms. The smallest absolute Gasteiger partial charge is 0.246 e. The number of nitrogens with one attached hydrogen (secondary N) is 1. The Hall–Kier alpha value is -1.06. The van der Waals surface area contributed by atoms with Crippen molar-refractivity contribution in [1.29, 1.82) is 0 Å². The van der Waals surface area contributed by atoms with Crippen molar-refractivity contribution in [2.45, 2.75) is 71.9 Å². The zero-order valence-electron chi connectivity index (χ0n) is 13.2. The van der Waals surface area contributed by atoms with Crippen LogP contribution in [0, 0.1) is 11.3 Å². The minimum atomic E-state index is -0.334. The summed E-state index contributed by atoms with van der Waals surface area (Å²) in [6, 6.07) is -0.125. The maximum absolute atomic E-state index is 12.8. The van der Waals surface area contributed by atoms with Crippen LogP contribution >= 0.6 is 0 Å². The van der Waals surface area contributed by atoms with Crippen LogP contribution in [0.5, 0.6) is 0 Å². The zero-order chi connectivity index (χ0) is 14.9. The van der Waals surface area contributed by atoms with Crippen molar-refractivity contribution in [3.8, 4) is 0 Å². The second-order valence-electron chi connectivity index (χ2n) is 7.15. The lowest BCUT2D eigenvalue weighted by molar-refractivity contribution is -0.151. The lowest BCUT2D eigenvalue weighted by Gasteiger charge is -2.48. The van der Waals surface area contributed by atoms with Crippen LogP contribution in [-0.4, -0.2) is 35.3 Å². The Labute approximate surface area is 122 Å². The minimum Gasteiger partial charge on any atom is -0.342 e. The molecule has 2 aliphatic rings. The molecule has 0 aromatic rings. The zero-order valence-corrected chi connectivity index (χ0v) is 13.2. The van der Waals surface area contributed by atoms with Gasteiger partial charge in [-0.15, -0.1) is 0 Å². The Morgan fingerprint density at radius 3 is 2.65 bits per heavy atom. The maximum atomic E-state index is 12.8. The summed E-state index contributed by atoms with van der Waals surface area (Å²) < 4.78 is 0. The summed E-state index contributed by atoms with van der Waals surface area (Å²) in [5.41, 5.74) is 0.117. The third-order valence-electron chi connectivity index (χ3n) is 5.22. The highest BCUT2D eigenvalue weighted by molar-refractivity contribution is 5.95. The highest BCUT2D eigenvalue weighted by Crippen LogP contribution is 2.39. The summed E-state index contributed by atoms with van der Waals surface area (Å²) in [7, 11) is 0. The number of rotatable bonds is 3. The summed E-state index contributed by atoms with van der Waals surface area (Å²) in [5.74, 6) is 0.316. The Bertz CT molecular complexity index is 392. The highest BCUT2D eigenvalue weighted by Gasteiger charge is 2.44. The maximum Gasteiger partial charge on any atom is 0.246 e. The molecule has 0 aromatic carbocycles. The van der Waals surface area contributed by atoms with Crippen molar-refractivity contribution in [2.75, 3.05) is 6.54 Å². The highest BCUT2D eigenvalue weighted by atomic mass is 16.2. The van der Waals surface area contributed by atoms with E-state index in [1.54, 1.807) is 0 Å². The Morgan fingerprint density at radius 1 is 1.35 bits per heavy atom. The molecule has 0 bridgehead atoms. The Kier molecular flexibility index (Phi) is 4.40. The van der Waals surface area contributed by atoms with Gasteiger partial charge in [-0.25, -0.2) is 0 Å². The van der Waals surface area contributed by atoms with Crippen LogP contribution in [0.4, 0.5) is 0 Å². The molecule has 114 valence electrons. The molecule has 1 saturated heterocycles. The van der Waals surface area contributed by atoms with Gasteiger partial charge < -0.3 is 10.2 Å². The molecule has 1 aliphatic heterocycles. The molecule has 1 aliphatic carbocycles. The molecule has 0 radical (unpaired) electrons. The molecule has 2 fully saturated rings. The lowest BCUT2D eigenvalue weighted by Crippen LogP contribution is -2.64. The summed E-state index contributed by atoms with van der Waals surface area (Å²) in [6.07, 6.45) is 5.45. The average molecular weight is 280 g/mol. The molecule has 1 saturated carbocycles. The first-order chi connectivity index (χ1) is 9.36. The number of amides is 2. The molecular weight excluding hydrogens is 252 g/mol. The third kappa shape index (κ3) is 2.84. The van der Waals surface area contributed by atoms with Gasteiger partial charge in [0.2, 0.25) is 11.8 Å². The van der Waals surface area contributed by atoms with Crippen LogP contribution in [-0.2, 0) is 9.59 Å². The topological polar surface area (TPSA) is 49.4 Å². The Balaban J connectivity index is 2.21. The summed E-state index contributed by atoms with van der Waals surface area (Å²) in [5, 5.41) is 2.88. The molecule has 1 N–H and O–H groups in total. The molecule has 2 rings (SSSR count). The first-order valence-corrected chi connectivity index (χ1v) is 7.96. The predicted octanol–water partition coefficient (Wildman–Crippen LogP) is 2.33. The number of piperazine rings is 1. The van der Waals surface area contributed by atoms with Crippen molar-refractivity contribution < 1.29 is 9.59 Å². The van der Waals surface area contributed by atoms with Crippen LogP contribution in [0.25, 0.3) is 0 Å². The molecule has 20 heavy (non-hydrogen) atoms. The van der Waals surface area contributed by atoms with Gasteiger partial charge in [0.05, 0.1) is 6.54 Å². The molecule has 4 heteroatoms. The largest absolute Gasteiger partial charge is 0.342 e. The van der Waals surface area contributed by atoms with Crippen LogP contribution in [0.3, 0.4) is 0 Å². The number of hydrogen-bond donors (Lipinski definition) is 1. The fourth-order valence-corrected chi connectivity index (χ4v) is 3.63. The molecule has 3 atom stereocenters. The van der Waals surface area contributed by atoms with Crippen molar-refractivity contribution in [3.63, 3.8) is 0 Å². The molecule has 2 amide bonds. The van der Waals surface area contributed by atoms with Crippen molar-refractivity contribution >= 4 is 11.8 Å². The molecule has 4 nitrogen and oxygen atoms in total. The van der Waals surface area contributed by atoms with E-state index in [1.807, 2.05) is 11.8 Å². The average Bonchev–Trinajstić information content (AvgIpc) is 2.40. The predicted molar refractivity (Wildman–Crippen MR) is 79.1 cm³/mol.